The fourth-order valence-electron chi connectivity index (χ4n) is 5.41. The zero-order chi connectivity index (χ0) is 26.1. The third-order valence-corrected chi connectivity index (χ3v) is 7.14. The Morgan fingerprint density at radius 2 is 1.49 bits per heavy atom. The van der Waals surface area contributed by atoms with Gasteiger partial charge in [-0.1, -0.05) is 46.1 Å². The number of hydrogen-bond acceptors (Lipinski definition) is 3. The van der Waals surface area contributed by atoms with Crippen molar-refractivity contribution in [2.45, 2.75) is 79.2 Å². The molecule has 5 aromatic rings. The van der Waals surface area contributed by atoms with Crippen molar-refractivity contribution >= 4 is 34.4 Å². The summed E-state index contributed by atoms with van der Waals surface area (Å²) in [5, 5.41) is 0.984. The van der Waals surface area contributed by atoms with Crippen molar-refractivity contribution in [1.29, 1.82) is 0 Å². The van der Waals surface area contributed by atoms with E-state index in [1.54, 1.807) is 0 Å². The van der Waals surface area contributed by atoms with Gasteiger partial charge in [0.05, 0.1) is 28.2 Å². The average molecular weight is 499 g/mol. The van der Waals surface area contributed by atoms with Gasteiger partial charge >= 0.3 is 0 Å². The highest BCUT2D eigenvalue weighted by Crippen LogP contribution is 2.33. The van der Waals surface area contributed by atoms with Crippen molar-refractivity contribution in [2.75, 3.05) is 0 Å². The second-order valence-corrected chi connectivity index (χ2v) is 10.3. The van der Waals surface area contributed by atoms with Crippen molar-refractivity contribution in [3.05, 3.63) is 75.3 Å². The summed E-state index contributed by atoms with van der Waals surface area (Å²) in [6, 6.07) is 12.5. The van der Waals surface area contributed by atoms with Gasteiger partial charge in [0.15, 0.2) is 11.2 Å². The third-order valence-electron chi connectivity index (χ3n) is 7.14. The number of furan rings is 2. The Balaban J connectivity index is 1.62. The molecule has 194 valence electrons. The average Bonchev–Trinajstić information content (AvgIpc) is 3.57. The monoisotopic (exact) mass is 498 g/mol. The van der Waals surface area contributed by atoms with Crippen LogP contribution in [0, 0.1) is 20.8 Å². The lowest BCUT2D eigenvalue weighted by atomic mass is 9.93. The standard InChI is InChI=1S/C32H38N2O3/c1-7-9-11-23(12-10-8-2)37-24-13-19(3)31(20(4)14-24)32(27-17-29-25(33-27)15-21(5)35-29)28-18-30-26(34-28)16-22(6)36-30/h13-18,23,33-34H,5,7-12H2,1-4,6H3/b32-27+. The molecule has 0 atom stereocenters. The number of aromatic nitrogens is 2. The van der Waals surface area contributed by atoms with E-state index < -0.39 is 0 Å². The maximum atomic E-state index is 6.56. The minimum atomic E-state index is 0.263. The Labute approximate surface area is 218 Å². The lowest BCUT2D eigenvalue weighted by Crippen LogP contribution is -2.17. The first kappa shape index (κ1) is 25.1. The van der Waals surface area contributed by atoms with Gasteiger partial charge in [-0.25, -0.2) is 0 Å². The molecule has 0 amide bonds. The summed E-state index contributed by atoms with van der Waals surface area (Å²) in [4.78, 5) is 7.14. The fraction of sp³-hybridized carbons (Fsp3) is 0.375. The number of benzene rings is 1. The molecule has 0 spiro atoms. The summed E-state index contributed by atoms with van der Waals surface area (Å²) in [7, 11) is 0. The number of hydrogen-bond donors (Lipinski definition) is 2. The molecule has 4 aromatic heterocycles. The number of rotatable bonds is 10. The van der Waals surface area contributed by atoms with Crippen LogP contribution in [-0.2, 0) is 0 Å². The number of aryl methyl sites for hydroxylation is 3. The number of fused-ring (bicyclic) bond motifs is 2. The van der Waals surface area contributed by atoms with Crippen LogP contribution in [0.15, 0.2) is 45.2 Å². The van der Waals surface area contributed by atoms with Gasteiger partial charge in [-0.2, -0.15) is 0 Å². The molecule has 5 heteroatoms. The summed E-state index contributed by atoms with van der Waals surface area (Å²) >= 11 is 0. The van der Waals surface area contributed by atoms with E-state index in [1.165, 1.54) is 42.4 Å². The quantitative estimate of drug-likeness (QED) is 0.209. The maximum Gasteiger partial charge on any atom is 0.153 e. The Morgan fingerprint density at radius 3 is 2.11 bits per heavy atom. The largest absolute Gasteiger partial charge is 0.490 e. The van der Waals surface area contributed by atoms with Crippen molar-refractivity contribution in [2.24, 2.45) is 0 Å². The Hall–Kier alpha value is -3.60. The zero-order valence-electron chi connectivity index (χ0n) is 22.7. The summed E-state index contributed by atoms with van der Waals surface area (Å²) in [6.45, 7) is 14.7. The van der Waals surface area contributed by atoms with Gasteiger partial charge in [0, 0.05) is 29.8 Å². The topological polar surface area (TPSA) is 67.1 Å². The maximum absolute atomic E-state index is 6.56. The highest BCUT2D eigenvalue weighted by atomic mass is 16.5. The molecule has 37 heavy (non-hydrogen) atoms. The van der Waals surface area contributed by atoms with Crippen LogP contribution in [0.25, 0.3) is 34.4 Å². The summed E-state index contributed by atoms with van der Waals surface area (Å²) in [5.74, 6) is 1.84. The smallest absolute Gasteiger partial charge is 0.153 e. The zero-order valence-corrected chi connectivity index (χ0v) is 22.7. The molecule has 0 saturated heterocycles. The van der Waals surface area contributed by atoms with E-state index in [1.807, 2.05) is 19.1 Å². The Morgan fingerprint density at radius 1 is 0.838 bits per heavy atom. The van der Waals surface area contributed by atoms with Crippen LogP contribution in [0.4, 0.5) is 0 Å². The van der Waals surface area contributed by atoms with Crippen LogP contribution in [0.2, 0.25) is 0 Å². The van der Waals surface area contributed by atoms with Crippen molar-refractivity contribution in [1.82, 2.24) is 9.97 Å². The van der Waals surface area contributed by atoms with Crippen LogP contribution >= 0.6 is 0 Å². The molecule has 0 aliphatic rings. The van der Waals surface area contributed by atoms with Gasteiger partial charge in [-0.3, -0.25) is 0 Å². The highest BCUT2D eigenvalue weighted by molar-refractivity contribution is 5.89. The van der Waals surface area contributed by atoms with Gasteiger partial charge in [0.1, 0.15) is 16.9 Å². The summed E-state index contributed by atoms with van der Waals surface area (Å²) in [5.41, 5.74) is 9.81. The van der Waals surface area contributed by atoms with Gasteiger partial charge in [0.2, 0.25) is 0 Å². The minimum absolute atomic E-state index is 0.263. The summed E-state index contributed by atoms with van der Waals surface area (Å²) in [6.07, 6.45) is 7.23. The van der Waals surface area contributed by atoms with Gasteiger partial charge < -0.3 is 23.5 Å². The van der Waals surface area contributed by atoms with E-state index in [4.69, 9.17) is 13.6 Å². The number of H-pyrrole nitrogens is 2. The number of ether oxygens (including phenoxy) is 1. The molecule has 0 aliphatic heterocycles. The van der Waals surface area contributed by atoms with E-state index in [2.05, 4.69) is 68.5 Å². The van der Waals surface area contributed by atoms with Crippen LogP contribution in [0.1, 0.15) is 80.5 Å². The van der Waals surface area contributed by atoms with Crippen molar-refractivity contribution in [3.63, 3.8) is 0 Å². The van der Waals surface area contributed by atoms with Crippen LogP contribution in [0.3, 0.4) is 0 Å². The normalized spacial score (nSPS) is 12.8. The van der Waals surface area contributed by atoms with Gasteiger partial charge in [0.25, 0.3) is 0 Å². The van der Waals surface area contributed by atoms with Crippen molar-refractivity contribution in [3.8, 4) is 5.75 Å². The Bertz CT molecular complexity index is 1540. The minimum Gasteiger partial charge on any atom is -0.490 e. The molecule has 0 radical (unpaired) electrons. The van der Waals surface area contributed by atoms with Gasteiger partial charge in [-0.15, -0.1) is 0 Å². The predicted octanol–water partition coefficient (Wildman–Crippen LogP) is 7.55. The predicted molar refractivity (Wildman–Crippen MR) is 152 cm³/mol. The van der Waals surface area contributed by atoms with E-state index in [9.17, 15) is 0 Å². The lowest BCUT2D eigenvalue weighted by molar-refractivity contribution is 0.174. The molecule has 0 bridgehead atoms. The molecule has 0 fully saturated rings. The Kier molecular flexibility index (Phi) is 7.05. The van der Waals surface area contributed by atoms with Crippen LogP contribution in [-0.4, -0.2) is 16.1 Å². The molecular formula is C32H38N2O3. The van der Waals surface area contributed by atoms with E-state index in [-0.39, 0.29) is 6.10 Å². The molecule has 0 unspecified atom stereocenters. The number of unbranched alkanes of at least 4 members (excludes halogenated alkanes) is 2. The second kappa shape index (κ2) is 10.4. The molecule has 5 rings (SSSR count). The van der Waals surface area contributed by atoms with Crippen LogP contribution < -0.4 is 15.5 Å². The molecule has 1 aromatic carbocycles. The lowest BCUT2D eigenvalue weighted by Gasteiger charge is -2.21. The highest BCUT2D eigenvalue weighted by Gasteiger charge is 2.19. The molecule has 0 aliphatic carbocycles. The van der Waals surface area contributed by atoms with Gasteiger partial charge in [-0.05, 0) is 62.4 Å². The molecular weight excluding hydrogens is 460 g/mol. The third kappa shape index (κ3) is 5.13. The van der Waals surface area contributed by atoms with E-state index >= 15 is 0 Å². The number of nitrogens with one attached hydrogen (secondary N) is 2. The van der Waals surface area contributed by atoms with E-state index in [0.717, 1.165) is 63.2 Å². The van der Waals surface area contributed by atoms with Crippen LogP contribution in [0.5, 0.6) is 5.75 Å². The summed E-state index contributed by atoms with van der Waals surface area (Å²) < 4.78 is 18.3. The first-order valence-electron chi connectivity index (χ1n) is 13.6. The molecule has 4 heterocycles. The first-order valence-corrected chi connectivity index (χ1v) is 13.6. The fourth-order valence-corrected chi connectivity index (χ4v) is 5.41. The second-order valence-electron chi connectivity index (χ2n) is 10.3. The SMILES string of the molecule is C=c1cc2[nH]/c(=C(\c3cc4oc(C)cc4[nH]3)c3c(C)cc(OC(CCCC)CCCC)cc3C)cc2o1. The molecule has 5 nitrogen and oxygen atoms in total. The number of aromatic amines is 2. The van der Waals surface area contributed by atoms with E-state index in [0.29, 0.717) is 5.42 Å². The van der Waals surface area contributed by atoms with Crippen molar-refractivity contribution < 1.29 is 13.6 Å². The molecule has 2 N–H and O–H groups in total. The molecule has 0 saturated carbocycles. The first-order chi connectivity index (χ1) is 17.9.